The molecule has 0 saturated carbocycles. The van der Waals surface area contributed by atoms with Crippen molar-refractivity contribution < 1.29 is 14.6 Å². The number of methoxy groups -OCH3 is 1. The first-order valence-corrected chi connectivity index (χ1v) is 12.5. The molecule has 0 aromatic heterocycles. The number of amides is 1. The average molecular weight is 486 g/mol. The van der Waals surface area contributed by atoms with E-state index in [0.717, 1.165) is 38.2 Å². The highest BCUT2D eigenvalue weighted by Gasteiger charge is 2.29. The van der Waals surface area contributed by atoms with Crippen molar-refractivity contribution in [3.8, 4) is 11.5 Å². The molecule has 1 amide bonds. The monoisotopic (exact) mass is 485 g/mol. The zero-order chi connectivity index (χ0) is 25.3. The lowest BCUT2D eigenvalue weighted by atomic mass is 9.96. The van der Waals surface area contributed by atoms with Gasteiger partial charge in [0.25, 0.3) is 0 Å². The van der Waals surface area contributed by atoms with E-state index in [1.54, 1.807) is 24.3 Å². The summed E-state index contributed by atoms with van der Waals surface area (Å²) in [5.41, 5.74) is 3.39. The lowest BCUT2D eigenvalue weighted by Gasteiger charge is -2.42. The quantitative estimate of drug-likeness (QED) is 0.431. The van der Waals surface area contributed by atoms with Crippen molar-refractivity contribution in [2.24, 2.45) is 0 Å². The normalized spacial score (nSPS) is 15.8. The summed E-state index contributed by atoms with van der Waals surface area (Å²) in [5, 5.41) is 12.9. The topological polar surface area (TPSA) is 65.0 Å². The van der Waals surface area contributed by atoms with Crippen molar-refractivity contribution in [3.05, 3.63) is 102 Å². The number of hydrogen-bond donors (Lipinski definition) is 2. The summed E-state index contributed by atoms with van der Waals surface area (Å²) in [6, 6.07) is 26.6. The van der Waals surface area contributed by atoms with Gasteiger partial charge in [-0.3, -0.25) is 14.6 Å². The van der Waals surface area contributed by atoms with Crippen LogP contribution in [0.3, 0.4) is 0 Å². The first-order chi connectivity index (χ1) is 17.6. The van der Waals surface area contributed by atoms with Gasteiger partial charge in [-0.05, 0) is 41.3 Å². The van der Waals surface area contributed by atoms with Crippen LogP contribution in [0.1, 0.15) is 36.1 Å². The molecule has 1 saturated heterocycles. The number of carbonyl (C=O) groups is 1. The molecule has 4 rings (SSSR count). The number of phenols is 1. The van der Waals surface area contributed by atoms with Crippen LogP contribution in [0.5, 0.6) is 11.5 Å². The van der Waals surface area contributed by atoms with Gasteiger partial charge in [0.15, 0.2) is 11.5 Å². The fourth-order valence-corrected chi connectivity index (χ4v) is 4.83. The second kappa shape index (κ2) is 12.4. The predicted octanol–water partition coefficient (Wildman–Crippen LogP) is 4.67. The highest BCUT2D eigenvalue weighted by molar-refractivity contribution is 5.92. The zero-order valence-corrected chi connectivity index (χ0v) is 21.0. The van der Waals surface area contributed by atoms with Gasteiger partial charge in [-0.2, -0.15) is 0 Å². The third kappa shape index (κ3) is 6.33. The van der Waals surface area contributed by atoms with Gasteiger partial charge in [0.2, 0.25) is 5.91 Å². The van der Waals surface area contributed by atoms with Crippen LogP contribution in [0.15, 0.2) is 84.9 Å². The molecule has 0 radical (unpaired) electrons. The van der Waals surface area contributed by atoms with Crippen molar-refractivity contribution >= 4 is 12.0 Å². The number of carbonyl (C=O) groups excluding carboxylic acids is 1. The number of benzene rings is 3. The molecule has 0 aliphatic carbocycles. The molecule has 3 aromatic carbocycles. The number of hydrogen-bond acceptors (Lipinski definition) is 5. The zero-order valence-electron chi connectivity index (χ0n) is 21.0. The molecule has 2 N–H and O–H groups in total. The highest BCUT2D eigenvalue weighted by Crippen LogP contribution is 2.30. The van der Waals surface area contributed by atoms with Crippen LogP contribution in [-0.2, 0) is 4.79 Å². The molecule has 6 nitrogen and oxygen atoms in total. The molecule has 1 aliphatic rings. The third-order valence-corrected chi connectivity index (χ3v) is 6.71. The standard InChI is InChI=1S/C30H35N3O3/c1-3-28(31-29(35)17-15-23-14-16-26(34)27(22-23)36-2)32-18-20-33(21-19-32)30(24-10-6-4-7-11-24)25-12-8-5-9-13-25/h4-17,22,28,30,34H,3,18-21H2,1-2H3,(H,31,35). The molecule has 3 aromatic rings. The second-order valence-electron chi connectivity index (χ2n) is 8.99. The van der Waals surface area contributed by atoms with Gasteiger partial charge >= 0.3 is 0 Å². The lowest BCUT2D eigenvalue weighted by molar-refractivity contribution is -0.118. The Morgan fingerprint density at radius 1 is 0.944 bits per heavy atom. The van der Waals surface area contributed by atoms with Crippen LogP contribution in [-0.4, -0.2) is 60.3 Å². The van der Waals surface area contributed by atoms with E-state index < -0.39 is 0 Å². The fraction of sp³-hybridized carbons (Fsp3) is 0.300. The number of rotatable bonds is 9. The largest absolute Gasteiger partial charge is 0.504 e. The van der Waals surface area contributed by atoms with E-state index in [2.05, 4.69) is 82.7 Å². The molecule has 1 heterocycles. The van der Waals surface area contributed by atoms with E-state index >= 15 is 0 Å². The van der Waals surface area contributed by atoms with Crippen LogP contribution < -0.4 is 10.1 Å². The Balaban J connectivity index is 1.38. The predicted molar refractivity (Wildman–Crippen MR) is 144 cm³/mol. The van der Waals surface area contributed by atoms with Gasteiger partial charge < -0.3 is 15.2 Å². The number of ether oxygens (including phenoxy) is 1. The van der Waals surface area contributed by atoms with E-state index in [9.17, 15) is 9.90 Å². The van der Waals surface area contributed by atoms with Gasteiger partial charge in [-0.1, -0.05) is 73.7 Å². The summed E-state index contributed by atoms with van der Waals surface area (Å²) in [4.78, 5) is 17.6. The van der Waals surface area contributed by atoms with Crippen molar-refractivity contribution in [2.45, 2.75) is 25.6 Å². The molecule has 188 valence electrons. The Labute approximate surface area is 213 Å². The minimum absolute atomic E-state index is 0.0226. The Morgan fingerprint density at radius 3 is 2.08 bits per heavy atom. The fourth-order valence-electron chi connectivity index (χ4n) is 4.83. The molecule has 0 spiro atoms. The minimum Gasteiger partial charge on any atom is -0.504 e. The number of nitrogens with zero attached hydrogens (tertiary/aromatic N) is 2. The number of nitrogens with one attached hydrogen (secondary N) is 1. The summed E-state index contributed by atoms with van der Waals surface area (Å²) in [6.45, 7) is 5.71. The Bertz CT molecular complexity index is 1100. The molecular weight excluding hydrogens is 450 g/mol. The number of aromatic hydroxyl groups is 1. The number of piperazine rings is 1. The summed E-state index contributed by atoms with van der Waals surface area (Å²) < 4.78 is 5.14. The van der Waals surface area contributed by atoms with Crippen molar-refractivity contribution in [3.63, 3.8) is 0 Å². The summed E-state index contributed by atoms with van der Waals surface area (Å²) in [6.07, 6.45) is 4.07. The van der Waals surface area contributed by atoms with Crippen molar-refractivity contribution in [1.82, 2.24) is 15.1 Å². The van der Waals surface area contributed by atoms with Crippen LogP contribution in [0.25, 0.3) is 6.08 Å². The van der Waals surface area contributed by atoms with Gasteiger partial charge in [-0.15, -0.1) is 0 Å². The van der Waals surface area contributed by atoms with Crippen LogP contribution in [0.2, 0.25) is 0 Å². The summed E-state index contributed by atoms with van der Waals surface area (Å²) in [7, 11) is 1.50. The van der Waals surface area contributed by atoms with Crippen LogP contribution >= 0.6 is 0 Å². The molecule has 6 heteroatoms. The molecular formula is C30H35N3O3. The second-order valence-corrected chi connectivity index (χ2v) is 8.99. The van der Waals surface area contributed by atoms with E-state index in [0.29, 0.717) is 5.75 Å². The van der Waals surface area contributed by atoms with Gasteiger partial charge in [0.1, 0.15) is 0 Å². The maximum atomic E-state index is 12.7. The smallest absolute Gasteiger partial charge is 0.245 e. The first-order valence-electron chi connectivity index (χ1n) is 12.5. The van der Waals surface area contributed by atoms with Crippen LogP contribution in [0.4, 0.5) is 0 Å². The van der Waals surface area contributed by atoms with Gasteiger partial charge in [0, 0.05) is 32.3 Å². The average Bonchev–Trinajstić information content (AvgIpc) is 2.93. The lowest BCUT2D eigenvalue weighted by Crippen LogP contribution is -2.56. The molecule has 1 unspecified atom stereocenters. The van der Waals surface area contributed by atoms with E-state index in [1.165, 1.54) is 24.3 Å². The molecule has 1 aliphatic heterocycles. The third-order valence-electron chi connectivity index (χ3n) is 6.71. The maximum absolute atomic E-state index is 12.7. The van der Waals surface area contributed by atoms with Gasteiger partial charge in [0.05, 0.1) is 19.3 Å². The van der Waals surface area contributed by atoms with Gasteiger partial charge in [-0.25, -0.2) is 0 Å². The van der Waals surface area contributed by atoms with Crippen molar-refractivity contribution in [1.29, 1.82) is 0 Å². The molecule has 0 bridgehead atoms. The Morgan fingerprint density at radius 2 is 1.53 bits per heavy atom. The van der Waals surface area contributed by atoms with E-state index in [4.69, 9.17) is 4.74 Å². The Hall–Kier alpha value is -3.61. The Kier molecular flexibility index (Phi) is 8.76. The molecule has 1 atom stereocenters. The first kappa shape index (κ1) is 25.5. The molecule has 36 heavy (non-hydrogen) atoms. The highest BCUT2D eigenvalue weighted by atomic mass is 16.5. The van der Waals surface area contributed by atoms with Crippen LogP contribution in [0, 0.1) is 0 Å². The van der Waals surface area contributed by atoms with E-state index in [1.807, 2.05) is 0 Å². The summed E-state index contributed by atoms with van der Waals surface area (Å²) >= 11 is 0. The van der Waals surface area contributed by atoms with Crippen molar-refractivity contribution in [2.75, 3.05) is 33.3 Å². The maximum Gasteiger partial charge on any atom is 0.245 e. The van der Waals surface area contributed by atoms with E-state index in [-0.39, 0.29) is 23.9 Å². The summed E-state index contributed by atoms with van der Waals surface area (Å²) in [5.74, 6) is 0.319. The minimum atomic E-state index is -0.136. The SMILES string of the molecule is CCC(NC(=O)C=Cc1ccc(O)c(OC)c1)N1CCN(C(c2ccccc2)c2ccccc2)CC1. The molecule has 1 fully saturated rings. The number of phenolic OH excluding ortho intramolecular Hbond substituents is 1.